The van der Waals surface area contributed by atoms with Crippen molar-refractivity contribution < 1.29 is 9.47 Å². The normalized spacial score (nSPS) is 10.6. The van der Waals surface area contributed by atoms with Crippen molar-refractivity contribution in [3.8, 4) is 11.5 Å². The molecule has 0 aliphatic carbocycles. The number of ether oxygens (including phenoxy) is 2. The molecule has 0 amide bonds. The van der Waals surface area contributed by atoms with Crippen molar-refractivity contribution in [2.45, 2.75) is 33.4 Å². The second-order valence-electron chi connectivity index (χ2n) is 6.66. The number of hydrogen-bond donors (Lipinski definition) is 1. The van der Waals surface area contributed by atoms with Crippen LogP contribution in [0.3, 0.4) is 0 Å². The van der Waals surface area contributed by atoms with Gasteiger partial charge in [-0.1, -0.05) is 42.8 Å². The number of hydrogen-bond acceptors (Lipinski definition) is 3. The maximum absolute atomic E-state index is 6.05. The van der Waals surface area contributed by atoms with Gasteiger partial charge >= 0.3 is 0 Å². The van der Waals surface area contributed by atoms with Crippen LogP contribution in [0.4, 0.5) is 5.69 Å². The molecule has 0 spiro atoms. The van der Waals surface area contributed by atoms with Gasteiger partial charge in [0, 0.05) is 17.3 Å². The molecule has 0 aliphatic heterocycles. The van der Waals surface area contributed by atoms with Crippen LogP contribution < -0.4 is 14.8 Å². The molecular weight excluding hydrogens is 450 g/mol. The Labute approximate surface area is 186 Å². The molecule has 3 nitrogen and oxygen atoms in total. The van der Waals surface area contributed by atoms with Gasteiger partial charge in [0.05, 0.1) is 11.1 Å². The summed E-state index contributed by atoms with van der Waals surface area (Å²) in [5, 5.41) is 4.18. The van der Waals surface area contributed by atoms with Gasteiger partial charge in [0.15, 0.2) is 11.5 Å². The lowest BCUT2D eigenvalue weighted by Gasteiger charge is -2.16. The van der Waals surface area contributed by atoms with E-state index < -0.39 is 0 Å². The summed E-state index contributed by atoms with van der Waals surface area (Å²) in [5.41, 5.74) is 4.59. The summed E-state index contributed by atoms with van der Waals surface area (Å²) >= 11 is 9.60. The highest BCUT2D eigenvalue weighted by Crippen LogP contribution is 2.37. The summed E-state index contributed by atoms with van der Waals surface area (Å²) in [7, 11) is 0. The third-order valence-corrected chi connectivity index (χ3v) is 5.37. The Kier molecular flexibility index (Phi) is 7.84. The quantitative estimate of drug-likeness (QED) is 0.354. The van der Waals surface area contributed by atoms with Crippen LogP contribution in [0.2, 0.25) is 5.02 Å². The van der Waals surface area contributed by atoms with Crippen molar-refractivity contribution >= 4 is 33.2 Å². The molecule has 0 saturated carbocycles. The van der Waals surface area contributed by atoms with Gasteiger partial charge in [-0.25, -0.2) is 0 Å². The van der Waals surface area contributed by atoms with Gasteiger partial charge in [0.25, 0.3) is 0 Å². The second kappa shape index (κ2) is 10.6. The van der Waals surface area contributed by atoms with E-state index in [2.05, 4.69) is 58.5 Å². The predicted octanol–water partition coefficient (Wildman–Crippen LogP) is 7.25. The van der Waals surface area contributed by atoms with Gasteiger partial charge in [0.1, 0.15) is 6.61 Å². The van der Waals surface area contributed by atoms with Crippen LogP contribution in [0, 0.1) is 0 Å². The Morgan fingerprint density at radius 3 is 2.21 bits per heavy atom. The lowest BCUT2D eigenvalue weighted by atomic mass is 10.1. The van der Waals surface area contributed by atoms with Gasteiger partial charge in [-0.3, -0.25) is 0 Å². The first-order chi connectivity index (χ1) is 14.1. The number of benzene rings is 3. The molecule has 0 saturated heterocycles. The van der Waals surface area contributed by atoms with Crippen molar-refractivity contribution in [2.24, 2.45) is 0 Å². The van der Waals surface area contributed by atoms with Crippen LogP contribution in [0.5, 0.6) is 11.5 Å². The summed E-state index contributed by atoms with van der Waals surface area (Å²) in [6.07, 6.45) is 1.04. The second-order valence-corrected chi connectivity index (χ2v) is 7.95. The minimum absolute atomic E-state index is 0.442. The van der Waals surface area contributed by atoms with Crippen molar-refractivity contribution in [2.75, 3.05) is 11.9 Å². The molecule has 0 fully saturated rings. The molecule has 152 valence electrons. The van der Waals surface area contributed by atoms with E-state index in [1.54, 1.807) is 0 Å². The molecule has 0 atom stereocenters. The van der Waals surface area contributed by atoms with Crippen molar-refractivity contribution in [3.05, 3.63) is 86.8 Å². The Hall–Kier alpha value is -2.17. The Balaban J connectivity index is 1.71. The van der Waals surface area contributed by atoms with Crippen LogP contribution in [0.1, 0.15) is 30.5 Å². The SMILES string of the molecule is CCOc1cc(CNc2ccc(CC)cc2)cc(Br)c1OCc1ccc(Cl)cc1. The van der Waals surface area contributed by atoms with Gasteiger partial charge in [-0.2, -0.15) is 0 Å². The first-order valence-corrected chi connectivity index (χ1v) is 10.9. The average molecular weight is 475 g/mol. The van der Waals surface area contributed by atoms with Crippen LogP contribution in [-0.4, -0.2) is 6.61 Å². The highest BCUT2D eigenvalue weighted by Gasteiger charge is 2.13. The molecule has 3 aromatic rings. The number of rotatable bonds is 9. The summed E-state index contributed by atoms with van der Waals surface area (Å²) in [5.74, 6) is 1.44. The van der Waals surface area contributed by atoms with Crippen LogP contribution in [-0.2, 0) is 19.6 Å². The lowest BCUT2D eigenvalue weighted by Crippen LogP contribution is -2.04. The Bertz CT molecular complexity index is 927. The number of halogens is 2. The van der Waals surface area contributed by atoms with Gasteiger partial charge in [-0.15, -0.1) is 0 Å². The van der Waals surface area contributed by atoms with E-state index in [4.69, 9.17) is 21.1 Å². The van der Waals surface area contributed by atoms with E-state index >= 15 is 0 Å². The molecule has 0 unspecified atom stereocenters. The maximum atomic E-state index is 6.05. The zero-order valence-corrected chi connectivity index (χ0v) is 19.0. The average Bonchev–Trinajstić information content (AvgIpc) is 2.73. The summed E-state index contributed by atoms with van der Waals surface area (Å²) in [6, 6.07) is 20.3. The largest absolute Gasteiger partial charge is 0.490 e. The monoisotopic (exact) mass is 473 g/mol. The van der Waals surface area contributed by atoms with Crippen LogP contribution in [0.15, 0.2) is 65.1 Å². The molecule has 0 aromatic heterocycles. The highest BCUT2D eigenvalue weighted by molar-refractivity contribution is 9.10. The van der Waals surface area contributed by atoms with Gasteiger partial charge in [-0.05, 0) is 82.4 Å². The van der Waals surface area contributed by atoms with Crippen molar-refractivity contribution in [1.29, 1.82) is 0 Å². The highest BCUT2D eigenvalue weighted by atomic mass is 79.9. The third kappa shape index (κ3) is 6.15. The first kappa shape index (κ1) is 21.5. The fourth-order valence-corrected chi connectivity index (χ4v) is 3.65. The van der Waals surface area contributed by atoms with Crippen molar-refractivity contribution in [1.82, 2.24) is 0 Å². The molecule has 5 heteroatoms. The molecule has 1 N–H and O–H groups in total. The first-order valence-electron chi connectivity index (χ1n) is 9.74. The smallest absolute Gasteiger partial charge is 0.175 e. The van der Waals surface area contributed by atoms with E-state index in [9.17, 15) is 0 Å². The number of nitrogens with one attached hydrogen (secondary N) is 1. The Morgan fingerprint density at radius 1 is 0.862 bits per heavy atom. The minimum atomic E-state index is 0.442. The minimum Gasteiger partial charge on any atom is -0.490 e. The molecule has 0 heterocycles. The molecule has 0 radical (unpaired) electrons. The summed E-state index contributed by atoms with van der Waals surface area (Å²) in [6.45, 7) is 5.83. The summed E-state index contributed by atoms with van der Waals surface area (Å²) in [4.78, 5) is 0. The topological polar surface area (TPSA) is 30.5 Å². The molecule has 29 heavy (non-hydrogen) atoms. The Morgan fingerprint density at radius 2 is 1.55 bits per heavy atom. The number of aryl methyl sites for hydroxylation is 1. The molecule has 3 rings (SSSR count). The van der Waals surface area contributed by atoms with Gasteiger partial charge < -0.3 is 14.8 Å². The number of anilines is 1. The maximum Gasteiger partial charge on any atom is 0.175 e. The van der Waals surface area contributed by atoms with Crippen molar-refractivity contribution in [3.63, 3.8) is 0 Å². The zero-order valence-electron chi connectivity index (χ0n) is 16.7. The fourth-order valence-electron chi connectivity index (χ4n) is 2.93. The summed E-state index contributed by atoms with van der Waals surface area (Å²) < 4.78 is 12.8. The predicted molar refractivity (Wildman–Crippen MR) is 124 cm³/mol. The van der Waals surface area contributed by atoms with E-state index in [0.29, 0.717) is 30.5 Å². The van der Waals surface area contributed by atoms with Crippen LogP contribution in [0.25, 0.3) is 0 Å². The van der Waals surface area contributed by atoms with E-state index in [1.165, 1.54) is 5.56 Å². The molecule has 0 bridgehead atoms. The van der Waals surface area contributed by atoms with Gasteiger partial charge in [0.2, 0.25) is 0 Å². The van der Waals surface area contributed by atoms with E-state index in [1.807, 2.05) is 37.3 Å². The molecular formula is C24H25BrClNO2. The third-order valence-electron chi connectivity index (χ3n) is 4.52. The molecule has 3 aromatic carbocycles. The van der Waals surface area contributed by atoms with Crippen LogP contribution >= 0.6 is 27.5 Å². The lowest BCUT2D eigenvalue weighted by molar-refractivity contribution is 0.267. The van der Waals surface area contributed by atoms with E-state index in [-0.39, 0.29) is 0 Å². The standard InChI is InChI=1S/C24H25BrClNO2/c1-3-17-7-11-21(12-8-17)27-15-19-13-22(25)24(23(14-19)28-4-2)29-16-18-5-9-20(26)10-6-18/h5-14,27H,3-4,15-16H2,1-2H3. The zero-order chi connectivity index (χ0) is 20.6. The van der Waals surface area contributed by atoms with E-state index in [0.717, 1.165) is 33.5 Å². The molecule has 0 aliphatic rings. The fraction of sp³-hybridized carbons (Fsp3) is 0.250.